The van der Waals surface area contributed by atoms with Crippen LogP contribution in [0, 0.1) is 5.82 Å². The van der Waals surface area contributed by atoms with Crippen LogP contribution in [-0.2, 0) is 4.74 Å². The van der Waals surface area contributed by atoms with E-state index in [9.17, 15) is 14.3 Å². The monoisotopic (exact) mass is 318 g/mol. The number of nitrogens with zero attached hydrogens (tertiary/aromatic N) is 2. The van der Waals surface area contributed by atoms with Crippen molar-refractivity contribution in [2.75, 3.05) is 26.8 Å². The number of carbonyl (C=O) groups excluding carboxylic acids is 1. The van der Waals surface area contributed by atoms with Gasteiger partial charge < -0.3 is 14.7 Å². The third-order valence-corrected chi connectivity index (χ3v) is 4.53. The molecule has 0 saturated carbocycles. The quantitative estimate of drug-likeness (QED) is 0.940. The second-order valence-electron chi connectivity index (χ2n) is 5.89. The second-order valence-corrected chi connectivity index (χ2v) is 5.89. The summed E-state index contributed by atoms with van der Waals surface area (Å²) in [5.74, 6) is -0.955. The Morgan fingerprint density at radius 3 is 3.04 bits per heavy atom. The molecule has 0 bridgehead atoms. The van der Waals surface area contributed by atoms with Crippen molar-refractivity contribution >= 4 is 16.7 Å². The fraction of sp³-hybridized carbons (Fsp3) is 0.412. The number of ether oxygens (including phenoxy) is 1. The number of likely N-dealkylation sites (tertiary alicyclic amines) is 1. The Morgan fingerprint density at radius 2 is 2.30 bits per heavy atom. The lowest BCUT2D eigenvalue weighted by atomic mass is 9.92. The van der Waals surface area contributed by atoms with Gasteiger partial charge in [0.15, 0.2) is 0 Å². The maximum atomic E-state index is 14.3. The fourth-order valence-electron chi connectivity index (χ4n) is 3.14. The summed E-state index contributed by atoms with van der Waals surface area (Å²) >= 11 is 0. The number of pyridine rings is 1. The zero-order valence-electron chi connectivity index (χ0n) is 13.0. The van der Waals surface area contributed by atoms with Crippen molar-refractivity contribution in [3.05, 3.63) is 42.0 Å². The molecule has 3 rings (SSSR count). The van der Waals surface area contributed by atoms with E-state index in [4.69, 9.17) is 4.74 Å². The molecular weight excluding hydrogens is 299 g/mol. The van der Waals surface area contributed by atoms with E-state index >= 15 is 0 Å². The molecule has 0 radical (unpaired) electrons. The molecule has 1 saturated heterocycles. The molecule has 0 aliphatic carbocycles. The molecule has 1 unspecified atom stereocenters. The molecule has 2 heterocycles. The number of carbonyl (C=O) groups is 1. The van der Waals surface area contributed by atoms with Crippen LogP contribution in [0.3, 0.4) is 0 Å². The van der Waals surface area contributed by atoms with Crippen molar-refractivity contribution in [2.24, 2.45) is 0 Å². The Bertz CT molecular complexity index is 731. The molecule has 1 aromatic carbocycles. The fourth-order valence-corrected chi connectivity index (χ4v) is 3.14. The van der Waals surface area contributed by atoms with Crippen LogP contribution in [-0.4, -0.2) is 53.3 Å². The predicted molar refractivity (Wildman–Crippen MR) is 83.7 cm³/mol. The van der Waals surface area contributed by atoms with Gasteiger partial charge in [-0.3, -0.25) is 9.78 Å². The zero-order valence-corrected chi connectivity index (χ0v) is 13.0. The van der Waals surface area contributed by atoms with Gasteiger partial charge in [-0.1, -0.05) is 6.07 Å². The predicted octanol–water partition coefficient (Wildman–Crippen LogP) is 1.99. The number of aliphatic hydroxyl groups excluding tert-OH is 1. The first kappa shape index (κ1) is 15.8. The van der Waals surface area contributed by atoms with Crippen LogP contribution in [0.15, 0.2) is 30.6 Å². The van der Waals surface area contributed by atoms with Crippen LogP contribution >= 0.6 is 0 Å². The first-order valence-electron chi connectivity index (χ1n) is 7.58. The number of rotatable bonds is 3. The van der Waals surface area contributed by atoms with E-state index in [0.29, 0.717) is 24.8 Å². The molecular formula is C17H19FN2O3. The largest absolute Gasteiger partial charge is 0.393 e. The molecule has 2 aromatic rings. The zero-order chi connectivity index (χ0) is 16.4. The molecule has 1 N–H and O–H groups in total. The molecule has 1 aliphatic heterocycles. The molecule has 0 spiro atoms. The van der Waals surface area contributed by atoms with Crippen LogP contribution in [0.1, 0.15) is 23.2 Å². The van der Waals surface area contributed by atoms with Gasteiger partial charge in [-0.05, 0) is 30.4 Å². The van der Waals surface area contributed by atoms with E-state index < -0.39 is 17.3 Å². The first-order valence-corrected chi connectivity index (χ1v) is 7.58. The summed E-state index contributed by atoms with van der Waals surface area (Å²) in [6.07, 6.45) is 4.48. The molecule has 1 fully saturated rings. The van der Waals surface area contributed by atoms with Gasteiger partial charge in [0.05, 0.1) is 18.7 Å². The summed E-state index contributed by atoms with van der Waals surface area (Å²) in [4.78, 5) is 18.4. The van der Waals surface area contributed by atoms with Gasteiger partial charge in [-0.25, -0.2) is 4.39 Å². The van der Waals surface area contributed by atoms with E-state index in [1.165, 1.54) is 19.4 Å². The number of hydrogen-bond donors (Lipinski definition) is 1. The summed E-state index contributed by atoms with van der Waals surface area (Å²) in [5.41, 5.74) is -0.742. The lowest BCUT2D eigenvalue weighted by molar-refractivity contribution is -0.0883. The molecule has 1 amide bonds. The van der Waals surface area contributed by atoms with E-state index in [1.807, 2.05) is 0 Å². The van der Waals surface area contributed by atoms with Crippen molar-refractivity contribution in [1.82, 2.24) is 9.88 Å². The third-order valence-electron chi connectivity index (χ3n) is 4.53. The second kappa shape index (κ2) is 6.22. The number of amides is 1. The molecule has 23 heavy (non-hydrogen) atoms. The van der Waals surface area contributed by atoms with Gasteiger partial charge in [0, 0.05) is 31.4 Å². The number of halogens is 1. The summed E-state index contributed by atoms with van der Waals surface area (Å²) in [7, 11) is 1.52. The van der Waals surface area contributed by atoms with E-state index in [1.54, 1.807) is 23.2 Å². The average Bonchev–Trinajstić information content (AvgIpc) is 2.61. The van der Waals surface area contributed by atoms with Gasteiger partial charge >= 0.3 is 0 Å². The lowest BCUT2D eigenvalue weighted by Gasteiger charge is -2.40. The van der Waals surface area contributed by atoms with Crippen LogP contribution in [0.4, 0.5) is 4.39 Å². The van der Waals surface area contributed by atoms with Crippen LogP contribution in [0.2, 0.25) is 0 Å². The summed E-state index contributed by atoms with van der Waals surface area (Å²) in [5, 5.41) is 10.9. The number of aliphatic hydroxyl groups is 1. The number of aromatic nitrogens is 1. The number of benzene rings is 1. The SMILES string of the molecule is COC1(CO)CCCN(C(=O)c2c(F)ccc3ccncc23)C1. The molecule has 1 atom stereocenters. The Kier molecular flexibility index (Phi) is 4.28. The van der Waals surface area contributed by atoms with Crippen LogP contribution in [0.5, 0.6) is 0 Å². The molecule has 5 nitrogen and oxygen atoms in total. The van der Waals surface area contributed by atoms with Crippen molar-refractivity contribution in [3.63, 3.8) is 0 Å². The highest BCUT2D eigenvalue weighted by Gasteiger charge is 2.37. The molecule has 6 heteroatoms. The summed E-state index contributed by atoms with van der Waals surface area (Å²) < 4.78 is 19.7. The van der Waals surface area contributed by atoms with Crippen molar-refractivity contribution < 1.29 is 19.0 Å². The Hall–Kier alpha value is -2.05. The maximum absolute atomic E-state index is 14.3. The standard InChI is InChI=1S/C17H19FN2O3/c1-23-17(11-21)6-2-8-20(10-17)16(22)15-13-9-19-7-5-12(13)3-4-14(15)18/h3-5,7,9,21H,2,6,8,10-11H2,1H3. The summed E-state index contributed by atoms with van der Waals surface area (Å²) in [6, 6.07) is 4.68. The Morgan fingerprint density at radius 1 is 1.48 bits per heavy atom. The highest BCUT2D eigenvalue weighted by molar-refractivity contribution is 6.07. The van der Waals surface area contributed by atoms with Gasteiger partial charge in [0.2, 0.25) is 0 Å². The van der Waals surface area contributed by atoms with E-state index in [0.717, 1.165) is 5.39 Å². The Labute approximate surface area is 133 Å². The van der Waals surface area contributed by atoms with Crippen LogP contribution in [0.25, 0.3) is 10.8 Å². The van der Waals surface area contributed by atoms with Gasteiger partial charge in [-0.2, -0.15) is 0 Å². The van der Waals surface area contributed by atoms with Crippen molar-refractivity contribution in [3.8, 4) is 0 Å². The topological polar surface area (TPSA) is 62.7 Å². The first-order chi connectivity index (χ1) is 11.1. The van der Waals surface area contributed by atoms with E-state index in [2.05, 4.69) is 4.98 Å². The number of piperidine rings is 1. The van der Waals surface area contributed by atoms with Gasteiger partial charge in [-0.15, -0.1) is 0 Å². The average molecular weight is 318 g/mol. The molecule has 1 aliphatic rings. The van der Waals surface area contributed by atoms with Crippen molar-refractivity contribution in [1.29, 1.82) is 0 Å². The normalized spacial score (nSPS) is 21.6. The minimum absolute atomic E-state index is 0.0282. The molecule has 1 aromatic heterocycles. The maximum Gasteiger partial charge on any atom is 0.257 e. The minimum atomic E-state index is -0.771. The third kappa shape index (κ3) is 2.80. The van der Waals surface area contributed by atoms with E-state index in [-0.39, 0.29) is 18.7 Å². The van der Waals surface area contributed by atoms with Gasteiger partial charge in [0.1, 0.15) is 11.4 Å². The number of fused-ring (bicyclic) bond motifs is 1. The highest BCUT2D eigenvalue weighted by atomic mass is 19.1. The minimum Gasteiger partial charge on any atom is -0.393 e. The van der Waals surface area contributed by atoms with Gasteiger partial charge in [0.25, 0.3) is 5.91 Å². The highest BCUT2D eigenvalue weighted by Crippen LogP contribution is 2.28. The number of hydrogen-bond acceptors (Lipinski definition) is 4. The number of methoxy groups -OCH3 is 1. The molecule has 122 valence electrons. The smallest absolute Gasteiger partial charge is 0.257 e. The van der Waals surface area contributed by atoms with Crippen LogP contribution < -0.4 is 0 Å². The summed E-state index contributed by atoms with van der Waals surface area (Å²) in [6.45, 7) is 0.585. The van der Waals surface area contributed by atoms with Crippen molar-refractivity contribution in [2.45, 2.75) is 18.4 Å². The Balaban J connectivity index is 1.99. The lowest BCUT2D eigenvalue weighted by Crippen LogP contribution is -2.53.